The maximum Gasteiger partial charge on any atom is 0.279 e. The molecule has 6 heteroatoms. The predicted molar refractivity (Wildman–Crippen MR) is 50.9 cm³/mol. The molecular formula is C9H9F2N3O. The topological polar surface area (TPSA) is 58.0 Å². The van der Waals surface area contributed by atoms with Gasteiger partial charge in [-0.3, -0.25) is 0 Å². The average Bonchev–Trinajstić information content (AvgIpc) is 2.26. The Balaban J connectivity index is 2.97. The fraction of sp³-hybridized carbons (Fsp3) is 0.333. The first-order chi connectivity index (χ1) is 7.10. The fourth-order valence-corrected chi connectivity index (χ4v) is 1.06. The molecule has 0 bridgehead atoms. The first-order valence-electron chi connectivity index (χ1n) is 4.13. The zero-order valence-electron chi connectivity index (χ0n) is 8.02. The lowest BCUT2D eigenvalue weighted by Crippen LogP contribution is -2.17. The van der Waals surface area contributed by atoms with Crippen molar-refractivity contribution in [3.05, 3.63) is 40.3 Å². The molecule has 0 unspecified atom stereocenters. The SMILES string of the molecule is COc1cccc(C(F)(F)CN=[N+]=[N-])c1. The Morgan fingerprint density at radius 2 is 2.27 bits per heavy atom. The number of alkyl halides is 2. The van der Waals surface area contributed by atoms with Crippen molar-refractivity contribution in [2.24, 2.45) is 5.11 Å². The van der Waals surface area contributed by atoms with Crippen LogP contribution in [0.25, 0.3) is 10.4 Å². The van der Waals surface area contributed by atoms with Crippen LogP contribution in [0, 0.1) is 0 Å². The van der Waals surface area contributed by atoms with Crippen molar-refractivity contribution in [2.45, 2.75) is 5.92 Å². The number of azide groups is 1. The normalized spacial score (nSPS) is 10.6. The lowest BCUT2D eigenvalue weighted by atomic mass is 10.1. The van der Waals surface area contributed by atoms with E-state index in [0.29, 0.717) is 5.75 Å². The third-order valence-corrected chi connectivity index (χ3v) is 1.82. The van der Waals surface area contributed by atoms with E-state index in [0.717, 1.165) is 0 Å². The molecule has 1 aromatic rings. The van der Waals surface area contributed by atoms with Gasteiger partial charge in [0.25, 0.3) is 5.92 Å². The number of hydrogen-bond donors (Lipinski definition) is 0. The van der Waals surface area contributed by atoms with Gasteiger partial charge in [0.2, 0.25) is 0 Å². The van der Waals surface area contributed by atoms with Crippen LogP contribution in [0.4, 0.5) is 8.78 Å². The molecule has 0 radical (unpaired) electrons. The molecule has 0 aliphatic heterocycles. The van der Waals surface area contributed by atoms with Gasteiger partial charge in [0.05, 0.1) is 13.7 Å². The van der Waals surface area contributed by atoms with Gasteiger partial charge in [0.1, 0.15) is 5.75 Å². The van der Waals surface area contributed by atoms with Crippen LogP contribution in [-0.2, 0) is 5.92 Å². The second-order valence-electron chi connectivity index (χ2n) is 2.83. The Bertz CT molecular complexity index is 389. The van der Waals surface area contributed by atoms with E-state index in [4.69, 9.17) is 10.3 Å². The second-order valence-corrected chi connectivity index (χ2v) is 2.83. The Hall–Kier alpha value is -1.81. The summed E-state index contributed by atoms with van der Waals surface area (Å²) in [4.78, 5) is 2.30. The van der Waals surface area contributed by atoms with Gasteiger partial charge in [-0.1, -0.05) is 17.2 Å². The van der Waals surface area contributed by atoms with Gasteiger partial charge in [-0.05, 0) is 17.7 Å². The molecule has 0 fully saturated rings. The van der Waals surface area contributed by atoms with Crippen molar-refractivity contribution in [1.82, 2.24) is 0 Å². The van der Waals surface area contributed by atoms with E-state index in [2.05, 4.69) is 10.0 Å². The summed E-state index contributed by atoms with van der Waals surface area (Å²) in [6, 6.07) is 5.49. The summed E-state index contributed by atoms with van der Waals surface area (Å²) in [7, 11) is 1.39. The summed E-state index contributed by atoms with van der Waals surface area (Å²) < 4.78 is 31.5. The highest BCUT2D eigenvalue weighted by atomic mass is 19.3. The van der Waals surface area contributed by atoms with Gasteiger partial charge in [0, 0.05) is 10.5 Å². The maximum absolute atomic E-state index is 13.3. The van der Waals surface area contributed by atoms with Crippen LogP contribution in [-0.4, -0.2) is 13.7 Å². The molecule has 4 nitrogen and oxygen atoms in total. The Morgan fingerprint density at radius 3 is 2.87 bits per heavy atom. The van der Waals surface area contributed by atoms with E-state index in [1.807, 2.05) is 0 Å². The Kier molecular flexibility index (Phi) is 3.46. The first-order valence-corrected chi connectivity index (χ1v) is 4.13. The molecule has 0 saturated heterocycles. The molecular weight excluding hydrogens is 204 g/mol. The Morgan fingerprint density at radius 1 is 1.53 bits per heavy atom. The highest BCUT2D eigenvalue weighted by Crippen LogP contribution is 2.30. The number of ether oxygens (including phenoxy) is 1. The minimum absolute atomic E-state index is 0.228. The molecule has 0 spiro atoms. The molecule has 0 amide bonds. The number of methoxy groups -OCH3 is 1. The largest absolute Gasteiger partial charge is 0.497 e. The molecule has 0 aliphatic rings. The molecule has 0 aromatic heterocycles. The zero-order valence-corrected chi connectivity index (χ0v) is 8.02. The molecule has 1 rings (SSSR count). The summed E-state index contributed by atoms with van der Waals surface area (Å²) in [6.45, 7) is -0.892. The van der Waals surface area contributed by atoms with Gasteiger partial charge in [-0.25, -0.2) is 8.78 Å². The fourth-order valence-electron chi connectivity index (χ4n) is 1.06. The lowest BCUT2D eigenvalue weighted by Gasteiger charge is -2.14. The maximum atomic E-state index is 13.3. The van der Waals surface area contributed by atoms with Crippen LogP contribution >= 0.6 is 0 Å². The highest BCUT2D eigenvalue weighted by Gasteiger charge is 2.30. The molecule has 80 valence electrons. The number of benzene rings is 1. The van der Waals surface area contributed by atoms with Gasteiger partial charge in [-0.2, -0.15) is 0 Å². The third-order valence-electron chi connectivity index (χ3n) is 1.82. The standard InChI is InChI=1S/C9H9F2N3O/c1-15-8-4-2-3-7(5-8)9(10,11)6-13-14-12/h2-5H,6H2,1H3. The molecule has 0 N–H and O–H groups in total. The van der Waals surface area contributed by atoms with Gasteiger partial charge in [0.15, 0.2) is 0 Å². The van der Waals surface area contributed by atoms with E-state index in [9.17, 15) is 8.78 Å². The first kappa shape index (κ1) is 11.3. The van der Waals surface area contributed by atoms with Gasteiger partial charge < -0.3 is 4.74 Å². The third kappa shape index (κ3) is 2.82. The van der Waals surface area contributed by atoms with Crippen LogP contribution in [0.2, 0.25) is 0 Å². The molecule has 15 heavy (non-hydrogen) atoms. The second kappa shape index (κ2) is 4.61. The molecule has 1 aromatic carbocycles. The highest BCUT2D eigenvalue weighted by molar-refractivity contribution is 5.31. The summed E-state index contributed by atoms with van der Waals surface area (Å²) in [5.74, 6) is -2.83. The van der Waals surface area contributed by atoms with Crippen molar-refractivity contribution < 1.29 is 13.5 Å². The predicted octanol–water partition coefficient (Wildman–Crippen LogP) is 3.10. The number of halogens is 2. The van der Waals surface area contributed by atoms with Gasteiger partial charge >= 0.3 is 0 Å². The minimum atomic E-state index is -3.17. The van der Waals surface area contributed by atoms with Crippen LogP contribution < -0.4 is 4.74 Å². The van der Waals surface area contributed by atoms with E-state index < -0.39 is 12.5 Å². The van der Waals surface area contributed by atoms with E-state index in [-0.39, 0.29) is 5.56 Å². The molecule has 0 heterocycles. The average molecular weight is 213 g/mol. The number of nitrogens with zero attached hydrogens (tertiary/aromatic N) is 3. The summed E-state index contributed by atoms with van der Waals surface area (Å²) in [6.07, 6.45) is 0. The van der Waals surface area contributed by atoms with E-state index in [1.165, 1.54) is 25.3 Å². The molecule has 0 aliphatic carbocycles. The minimum Gasteiger partial charge on any atom is -0.497 e. The smallest absolute Gasteiger partial charge is 0.279 e. The van der Waals surface area contributed by atoms with Crippen LogP contribution in [0.1, 0.15) is 5.56 Å². The summed E-state index contributed by atoms with van der Waals surface area (Å²) in [5, 5.41) is 2.87. The van der Waals surface area contributed by atoms with Crippen molar-refractivity contribution in [1.29, 1.82) is 0 Å². The number of hydrogen-bond acceptors (Lipinski definition) is 2. The Labute approximate surface area is 85.1 Å². The summed E-state index contributed by atoms with van der Waals surface area (Å²) >= 11 is 0. The van der Waals surface area contributed by atoms with Crippen molar-refractivity contribution >= 4 is 0 Å². The molecule has 0 saturated carbocycles. The van der Waals surface area contributed by atoms with E-state index >= 15 is 0 Å². The monoisotopic (exact) mass is 213 g/mol. The zero-order chi connectivity index (χ0) is 11.3. The molecule has 0 atom stereocenters. The summed E-state index contributed by atoms with van der Waals surface area (Å²) in [5.41, 5.74) is 7.75. The van der Waals surface area contributed by atoms with Crippen LogP contribution in [0.15, 0.2) is 29.4 Å². The number of rotatable bonds is 4. The quantitative estimate of drug-likeness (QED) is 0.430. The van der Waals surface area contributed by atoms with Crippen LogP contribution in [0.3, 0.4) is 0 Å². The van der Waals surface area contributed by atoms with Crippen molar-refractivity contribution in [3.63, 3.8) is 0 Å². The van der Waals surface area contributed by atoms with Gasteiger partial charge in [-0.15, -0.1) is 0 Å². The lowest BCUT2D eigenvalue weighted by molar-refractivity contribution is 0.00591. The van der Waals surface area contributed by atoms with E-state index in [1.54, 1.807) is 6.07 Å². The van der Waals surface area contributed by atoms with Crippen molar-refractivity contribution in [3.8, 4) is 5.75 Å². The van der Waals surface area contributed by atoms with Crippen molar-refractivity contribution in [2.75, 3.05) is 13.7 Å². The van der Waals surface area contributed by atoms with Crippen LogP contribution in [0.5, 0.6) is 5.75 Å².